The number of rotatable bonds is 5. The third-order valence-electron chi connectivity index (χ3n) is 13.5. The van der Waals surface area contributed by atoms with Crippen molar-refractivity contribution in [3.8, 4) is 22.4 Å². The van der Waals surface area contributed by atoms with Crippen LogP contribution in [0.3, 0.4) is 0 Å². The largest absolute Gasteiger partial charge is 0.252 e. The molecule has 0 N–H and O–H groups in total. The fourth-order valence-electron chi connectivity index (χ4n) is 10.7. The third-order valence-corrected chi connectivity index (χ3v) is 14.7. The van der Waals surface area contributed by atoms with Gasteiger partial charge in [-0.05, 0) is 97.5 Å². The molecule has 3 heteroatoms. The number of hydrogen-bond donors (Lipinski definition) is 0. The zero-order chi connectivity index (χ0) is 40.8. The zero-order valence-electron chi connectivity index (χ0n) is 33.8. The van der Waals surface area contributed by atoms with E-state index in [1.165, 1.54) is 86.6 Å². The van der Waals surface area contributed by atoms with E-state index in [0.717, 1.165) is 45.9 Å². The van der Waals surface area contributed by atoms with Gasteiger partial charge in [-0.25, -0.2) is 4.98 Å². The molecule has 290 valence electrons. The quantitative estimate of drug-likeness (QED) is 0.162. The zero-order valence-corrected chi connectivity index (χ0v) is 34.7. The molecular formula is C59H38N2S. The summed E-state index contributed by atoms with van der Waals surface area (Å²) in [5.41, 5.74) is 16.1. The minimum absolute atomic E-state index is 0.567. The fraction of sp³-hybridized carbons (Fsp3) is 0.0508. The van der Waals surface area contributed by atoms with Gasteiger partial charge < -0.3 is 0 Å². The first-order chi connectivity index (χ1) is 30.7. The number of aromatic nitrogens is 2. The van der Waals surface area contributed by atoms with Gasteiger partial charge in [0.05, 0.1) is 28.3 Å². The predicted octanol–water partition coefficient (Wildman–Crippen LogP) is 15.6. The third kappa shape index (κ3) is 5.16. The molecule has 2 nitrogen and oxygen atoms in total. The van der Waals surface area contributed by atoms with Crippen molar-refractivity contribution in [1.29, 1.82) is 0 Å². The topological polar surface area (TPSA) is 25.8 Å². The monoisotopic (exact) mass is 806 g/mol. The highest BCUT2D eigenvalue weighted by Crippen LogP contribution is 2.57. The van der Waals surface area contributed by atoms with Crippen molar-refractivity contribution in [2.75, 3.05) is 0 Å². The molecule has 2 aliphatic rings. The highest BCUT2D eigenvalue weighted by Gasteiger charge is 2.46. The van der Waals surface area contributed by atoms with E-state index in [0.29, 0.717) is 0 Å². The molecular weight excluding hydrogens is 769 g/mol. The van der Waals surface area contributed by atoms with Crippen molar-refractivity contribution in [2.24, 2.45) is 0 Å². The highest BCUT2D eigenvalue weighted by atomic mass is 32.1. The molecule has 13 rings (SSSR count). The van der Waals surface area contributed by atoms with E-state index in [2.05, 4.69) is 200 Å². The van der Waals surface area contributed by atoms with Gasteiger partial charge in [-0.2, -0.15) is 0 Å². The average Bonchev–Trinajstić information content (AvgIpc) is 3.88. The fourth-order valence-corrected chi connectivity index (χ4v) is 11.9. The summed E-state index contributed by atoms with van der Waals surface area (Å²) < 4.78 is 2.70. The first-order valence-electron chi connectivity index (χ1n) is 21.5. The number of benzene rings is 9. The van der Waals surface area contributed by atoms with E-state index in [4.69, 9.17) is 9.97 Å². The van der Waals surface area contributed by atoms with Crippen LogP contribution >= 0.6 is 11.3 Å². The lowest BCUT2D eigenvalue weighted by Crippen LogP contribution is -2.28. The summed E-state index contributed by atoms with van der Waals surface area (Å²) >= 11 is 1.91. The maximum atomic E-state index is 5.46. The Morgan fingerprint density at radius 3 is 1.76 bits per heavy atom. The van der Waals surface area contributed by atoms with Crippen molar-refractivity contribution >= 4 is 75.2 Å². The van der Waals surface area contributed by atoms with Crippen molar-refractivity contribution < 1.29 is 0 Å². The Balaban J connectivity index is 1.00. The van der Waals surface area contributed by atoms with Crippen LogP contribution < -0.4 is 0 Å². The lowest BCUT2D eigenvalue weighted by atomic mass is 9.67. The molecule has 62 heavy (non-hydrogen) atoms. The normalized spacial score (nSPS) is 14.3. The molecule has 0 saturated carbocycles. The van der Waals surface area contributed by atoms with Crippen molar-refractivity contribution in [3.05, 3.63) is 240 Å². The Morgan fingerprint density at radius 1 is 0.468 bits per heavy atom. The van der Waals surface area contributed by atoms with Crippen LogP contribution in [0.15, 0.2) is 206 Å². The Hall–Kier alpha value is -7.46. The molecule has 0 aliphatic heterocycles. The van der Waals surface area contributed by atoms with Crippen LogP contribution in [-0.2, 0) is 5.41 Å². The second-order valence-electron chi connectivity index (χ2n) is 16.7. The Kier molecular flexibility index (Phi) is 7.85. The highest BCUT2D eigenvalue weighted by molar-refractivity contribution is 7.26. The molecule has 0 amide bonds. The number of nitrogens with zero attached hydrogens (tertiary/aromatic N) is 2. The van der Waals surface area contributed by atoms with E-state index < -0.39 is 5.41 Å². The van der Waals surface area contributed by atoms with E-state index >= 15 is 0 Å². The summed E-state index contributed by atoms with van der Waals surface area (Å²) in [6.07, 6.45) is 8.87. The van der Waals surface area contributed by atoms with Gasteiger partial charge in [0.2, 0.25) is 0 Å². The summed E-state index contributed by atoms with van der Waals surface area (Å²) in [5, 5.41) is 7.32. The Labute approximate surface area is 363 Å². The number of thiophene rings is 1. The molecule has 0 spiro atoms. The van der Waals surface area contributed by atoms with E-state index in [-0.39, 0.29) is 0 Å². The first kappa shape index (κ1) is 35.3. The first-order valence-corrected chi connectivity index (χ1v) is 22.3. The van der Waals surface area contributed by atoms with Gasteiger partial charge in [0.1, 0.15) is 0 Å². The molecule has 0 saturated heterocycles. The molecule has 0 bridgehead atoms. The molecule has 0 atom stereocenters. The van der Waals surface area contributed by atoms with E-state index in [1.807, 2.05) is 17.5 Å². The van der Waals surface area contributed by atoms with Gasteiger partial charge in [0.15, 0.2) is 0 Å². The SMILES string of the molecule is C1=C(c2ccc3c(c2)C(c2ccccc2)(c2ccccc2)c2cc(-c4cnc5c6ccccc6c6ccccc6c5n4)ccc2-3)CCC=C1c1cccc2c1sc1ccccc12. The molecule has 2 aliphatic carbocycles. The van der Waals surface area contributed by atoms with Gasteiger partial charge in [-0.3, -0.25) is 4.98 Å². The molecule has 2 aromatic heterocycles. The van der Waals surface area contributed by atoms with Crippen LogP contribution in [0, 0.1) is 0 Å². The lowest BCUT2D eigenvalue weighted by molar-refractivity contribution is 0.768. The summed E-state index contributed by atoms with van der Waals surface area (Å²) in [7, 11) is 0. The van der Waals surface area contributed by atoms with E-state index in [9.17, 15) is 0 Å². The summed E-state index contributed by atoms with van der Waals surface area (Å²) in [5.74, 6) is 0. The van der Waals surface area contributed by atoms with Gasteiger partial charge in [0, 0.05) is 36.5 Å². The average molecular weight is 807 g/mol. The van der Waals surface area contributed by atoms with Crippen LogP contribution in [0.2, 0.25) is 0 Å². The second kappa shape index (κ2) is 13.8. The summed E-state index contributed by atoms with van der Waals surface area (Å²) in [6.45, 7) is 0. The standard InChI is InChI=1S/C59H38N2S/c1-3-17-41(18-4-1)59(42-19-5-2-6-20-42)52-34-38(37-15-13-16-39(33-37)43-26-14-27-51-48-23-11-12-28-55(48)62-58(43)51)29-31-46(52)47-32-30-40(35-53(47)59)54-36-60-56-49-24-9-7-21-44(49)45-22-8-10-25-50(45)57(56)61-54/h1-12,14,16-36H,13,15H2. The van der Waals surface area contributed by atoms with Crippen LogP contribution in [0.25, 0.3) is 86.3 Å². The van der Waals surface area contributed by atoms with Crippen molar-refractivity contribution in [2.45, 2.75) is 18.3 Å². The maximum Gasteiger partial charge on any atom is 0.0979 e. The lowest BCUT2D eigenvalue weighted by Gasteiger charge is -2.34. The second-order valence-corrected chi connectivity index (χ2v) is 17.7. The van der Waals surface area contributed by atoms with Gasteiger partial charge in [0.25, 0.3) is 0 Å². The van der Waals surface area contributed by atoms with Crippen LogP contribution in [0.4, 0.5) is 0 Å². The molecule has 0 radical (unpaired) electrons. The van der Waals surface area contributed by atoms with Gasteiger partial charge in [-0.15, -0.1) is 11.3 Å². The summed E-state index contributed by atoms with van der Waals surface area (Å²) in [6, 6.07) is 69.2. The Morgan fingerprint density at radius 2 is 1.05 bits per heavy atom. The molecule has 0 unspecified atom stereocenters. The van der Waals surface area contributed by atoms with Crippen molar-refractivity contribution in [1.82, 2.24) is 9.97 Å². The van der Waals surface area contributed by atoms with Gasteiger partial charge >= 0.3 is 0 Å². The minimum atomic E-state index is -0.567. The molecule has 0 fully saturated rings. The number of allylic oxidation sites excluding steroid dienone is 4. The Bertz CT molecular complexity index is 3610. The molecule has 11 aromatic rings. The molecule has 9 aromatic carbocycles. The molecule has 2 heterocycles. The van der Waals surface area contributed by atoms with Crippen LogP contribution in [0.5, 0.6) is 0 Å². The van der Waals surface area contributed by atoms with Crippen molar-refractivity contribution in [3.63, 3.8) is 0 Å². The number of hydrogen-bond acceptors (Lipinski definition) is 3. The van der Waals surface area contributed by atoms with E-state index in [1.54, 1.807) is 0 Å². The van der Waals surface area contributed by atoms with Crippen LogP contribution in [-0.4, -0.2) is 9.97 Å². The number of fused-ring (bicyclic) bond motifs is 12. The summed E-state index contributed by atoms with van der Waals surface area (Å²) in [4.78, 5) is 10.6. The smallest absolute Gasteiger partial charge is 0.0979 e. The van der Waals surface area contributed by atoms with Gasteiger partial charge in [-0.1, -0.05) is 182 Å². The maximum absolute atomic E-state index is 5.46. The van der Waals surface area contributed by atoms with Crippen LogP contribution in [0.1, 0.15) is 46.2 Å². The predicted molar refractivity (Wildman–Crippen MR) is 262 cm³/mol. The minimum Gasteiger partial charge on any atom is -0.252 e.